The van der Waals surface area contributed by atoms with Gasteiger partial charge in [-0.3, -0.25) is 9.78 Å². The molecule has 194 valence electrons. The SMILES string of the molecule is Cc1cc([C@H]2[C@H](c3ccccn3)NC(=S)N2CCC(=O)Nc2ccccc2F)c(C)n1-c1cccc(F)c1. The monoisotopic (exact) mass is 531 g/mol. The molecular formula is C29H27F2N5OS. The molecule has 6 nitrogen and oxygen atoms in total. The molecule has 0 aliphatic carbocycles. The molecule has 4 aromatic rings. The first-order chi connectivity index (χ1) is 18.3. The van der Waals surface area contributed by atoms with Crippen molar-refractivity contribution in [2.75, 3.05) is 11.9 Å². The van der Waals surface area contributed by atoms with Crippen molar-refractivity contribution in [1.29, 1.82) is 0 Å². The van der Waals surface area contributed by atoms with E-state index in [1.165, 1.54) is 24.3 Å². The molecule has 3 heterocycles. The highest BCUT2D eigenvalue weighted by molar-refractivity contribution is 7.80. The van der Waals surface area contributed by atoms with Crippen LogP contribution in [-0.2, 0) is 4.79 Å². The number of carbonyl (C=O) groups excluding carboxylic acids is 1. The van der Waals surface area contributed by atoms with Crippen LogP contribution < -0.4 is 10.6 Å². The number of carbonyl (C=O) groups is 1. The van der Waals surface area contributed by atoms with E-state index in [1.807, 2.05) is 47.6 Å². The Kier molecular flexibility index (Phi) is 7.20. The van der Waals surface area contributed by atoms with E-state index in [4.69, 9.17) is 12.2 Å². The average molecular weight is 532 g/mol. The van der Waals surface area contributed by atoms with Gasteiger partial charge in [-0.1, -0.05) is 24.3 Å². The smallest absolute Gasteiger partial charge is 0.226 e. The van der Waals surface area contributed by atoms with Gasteiger partial charge in [0.05, 0.1) is 23.5 Å². The number of benzene rings is 2. The van der Waals surface area contributed by atoms with Crippen LogP contribution in [-0.4, -0.2) is 32.0 Å². The Balaban J connectivity index is 1.48. The Labute approximate surface area is 225 Å². The van der Waals surface area contributed by atoms with Gasteiger partial charge in [0.15, 0.2) is 5.11 Å². The predicted octanol–water partition coefficient (Wildman–Crippen LogP) is 5.77. The zero-order valence-corrected chi connectivity index (χ0v) is 21.8. The summed E-state index contributed by atoms with van der Waals surface area (Å²) in [6.07, 6.45) is 1.84. The van der Waals surface area contributed by atoms with E-state index in [0.29, 0.717) is 11.7 Å². The lowest BCUT2D eigenvalue weighted by atomic mass is 9.96. The van der Waals surface area contributed by atoms with E-state index in [9.17, 15) is 13.6 Å². The van der Waals surface area contributed by atoms with Crippen LogP contribution in [0.4, 0.5) is 14.5 Å². The van der Waals surface area contributed by atoms with Crippen LogP contribution in [0, 0.1) is 25.5 Å². The average Bonchev–Trinajstić information content (AvgIpc) is 3.39. The molecule has 2 aromatic heterocycles. The van der Waals surface area contributed by atoms with Crippen LogP contribution in [0.15, 0.2) is 79.0 Å². The number of nitrogens with one attached hydrogen (secondary N) is 2. The molecule has 0 spiro atoms. The molecule has 1 fully saturated rings. The zero-order valence-electron chi connectivity index (χ0n) is 21.0. The maximum absolute atomic E-state index is 14.1. The predicted molar refractivity (Wildman–Crippen MR) is 147 cm³/mol. The third kappa shape index (κ3) is 5.02. The van der Waals surface area contributed by atoms with Gasteiger partial charge in [0.1, 0.15) is 11.6 Å². The summed E-state index contributed by atoms with van der Waals surface area (Å²) in [6.45, 7) is 4.28. The second kappa shape index (κ2) is 10.7. The highest BCUT2D eigenvalue weighted by Crippen LogP contribution is 2.41. The minimum atomic E-state index is -0.489. The molecule has 1 amide bonds. The zero-order chi connectivity index (χ0) is 26.8. The summed E-state index contributed by atoms with van der Waals surface area (Å²) in [4.78, 5) is 19.3. The number of pyridine rings is 1. The minimum Gasteiger partial charge on any atom is -0.352 e. The van der Waals surface area contributed by atoms with Crippen molar-refractivity contribution in [3.63, 3.8) is 0 Å². The molecule has 1 saturated heterocycles. The first kappa shape index (κ1) is 25.5. The molecule has 1 aliphatic rings. The molecule has 0 bridgehead atoms. The van der Waals surface area contributed by atoms with E-state index < -0.39 is 5.82 Å². The largest absolute Gasteiger partial charge is 0.352 e. The molecule has 9 heteroatoms. The third-order valence-corrected chi connectivity index (χ3v) is 7.13. The fourth-order valence-electron chi connectivity index (χ4n) is 5.08. The van der Waals surface area contributed by atoms with Gasteiger partial charge < -0.3 is 20.1 Å². The summed E-state index contributed by atoms with van der Waals surface area (Å²) in [5.74, 6) is -1.12. The fraction of sp³-hybridized carbons (Fsp3) is 0.207. The van der Waals surface area contributed by atoms with Crippen LogP contribution in [0.3, 0.4) is 0 Å². The third-order valence-electron chi connectivity index (χ3n) is 6.78. The molecule has 1 aliphatic heterocycles. The van der Waals surface area contributed by atoms with Gasteiger partial charge >= 0.3 is 0 Å². The molecule has 0 saturated carbocycles. The lowest BCUT2D eigenvalue weighted by Gasteiger charge is -2.28. The number of halogens is 2. The van der Waals surface area contributed by atoms with Crippen molar-refractivity contribution in [3.05, 3.63) is 113 Å². The van der Waals surface area contributed by atoms with E-state index in [0.717, 1.165) is 28.3 Å². The first-order valence-corrected chi connectivity index (χ1v) is 12.7. The van der Waals surface area contributed by atoms with Crippen LogP contribution in [0.2, 0.25) is 0 Å². The van der Waals surface area contributed by atoms with Crippen molar-refractivity contribution in [2.45, 2.75) is 32.4 Å². The van der Waals surface area contributed by atoms with Crippen LogP contribution in [0.25, 0.3) is 5.69 Å². The van der Waals surface area contributed by atoms with E-state index in [2.05, 4.69) is 21.7 Å². The quantitative estimate of drug-likeness (QED) is 0.297. The Morgan fingerprint density at radius 1 is 1.05 bits per heavy atom. The number of anilines is 1. The topological polar surface area (TPSA) is 62.2 Å². The molecule has 2 N–H and O–H groups in total. The number of amides is 1. The van der Waals surface area contributed by atoms with Crippen molar-refractivity contribution < 1.29 is 13.6 Å². The summed E-state index contributed by atoms with van der Waals surface area (Å²) in [7, 11) is 0. The summed E-state index contributed by atoms with van der Waals surface area (Å²) >= 11 is 5.73. The number of aryl methyl sites for hydroxylation is 1. The van der Waals surface area contributed by atoms with Gasteiger partial charge in [-0.2, -0.15) is 0 Å². The van der Waals surface area contributed by atoms with Crippen molar-refractivity contribution >= 4 is 28.9 Å². The Bertz CT molecular complexity index is 1490. The summed E-state index contributed by atoms with van der Waals surface area (Å²) in [5.41, 5.74) is 4.55. The van der Waals surface area contributed by atoms with E-state index in [-0.39, 0.29) is 35.9 Å². The van der Waals surface area contributed by atoms with E-state index >= 15 is 0 Å². The number of aromatic nitrogens is 2. The molecule has 38 heavy (non-hydrogen) atoms. The molecule has 2 atom stereocenters. The molecular weight excluding hydrogens is 504 g/mol. The Morgan fingerprint density at radius 2 is 1.84 bits per heavy atom. The van der Waals surface area contributed by atoms with Crippen LogP contribution in [0.5, 0.6) is 0 Å². The molecule has 0 radical (unpaired) electrons. The van der Waals surface area contributed by atoms with Gasteiger partial charge in [-0.15, -0.1) is 0 Å². The maximum atomic E-state index is 14.1. The first-order valence-electron chi connectivity index (χ1n) is 12.3. The van der Waals surface area contributed by atoms with Gasteiger partial charge in [0.2, 0.25) is 5.91 Å². The second-order valence-electron chi connectivity index (χ2n) is 9.24. The van der Waals surface area contributed by atoms with Crippen molar-refractivity contribution in [1.82, 2.24) is 19.8 Å². The number of hydrogen-bond donors (Lipinski definition) is 2. The van der Waals surface area contributed by atoms with Crippen LogP contribution >= 0.6 is 12.2 Å². The number of para-hydroxylation sites is 1. The summed E-state index contributed by atoms with van der Waals surface area (Å²) in [5, 5.41) is 6.53. The van der Waals surface area contributed by atoms with Gasteiger partial charge in [-0.05, 0) is 80.2 Å². The highest BCUT2D eigenvalue weighted by Gasteiger charge is 2.41. The summed E-state index contributed by atoms with van der Waals surface area (Å²) < 4.78 is 30.1. The fourth-order valence-corrected chi connectivity index (χ4v) is 5.41. The Morgan fingerprint density at radius 3 is 2.58 bits per heavy atom. The number of thiocarbonyl (C=S) groups is 1. The maximum Gasteiger partial charge on any atom is 0.226 e. The van der Waals surface area contributed by atoms with Crippen LogP contribution in [0.1, 0.15) is 41.1 Å². The van der Waals surface area contributed by atoms with Crippen molar-refractivity contribution in [3.8, 4) is 5.69 Å². The Hall–Kier alpha value is -4.11. The summed E-state index contributed by atoms with van der Waals surface area (Å²) in [6, 6.07) is 19.8. The minimum absolute atomic E-state index is 0.101. The van der Waals surface area contributed by atoms with Gasteiger partial charge in [-0.25, -0.2) is 8.78 Å². The number of nitrogens with zero attached hydrogens (tertiary/aromatic N) is 3. The molecule has 5 rings (SSSR count). The van der Waals surface area contributed by atoms with Crippen molar-refractivity contribution in [2.24, 2.45) is 0 Å². The number of rotatable bonds is 7. The highest BCUT2D eigenvalue weighted by atomic mass is 32.1. The van der Waals surface area contributed by atoms with Gasteiger partial charge in [0.25, 0.3) is 0 Å². The van der Waals surface area contributed by atoms with E-state index in [1.54, 1.807) is 24.4 Å². The standard InChI is InChI=1S/C29H27F2N5OS/c1-18-16-22(19(2)36(18)21-9-7-8-20(30)17-21)28-27(25-12-5-6-14-32-25)34-29(38)35(28)15-13-26(37)33-24-11-4-3-10-23(24)31/h3-12,14,16-17,27-28H,13,15H2,1-2H3,(H,33,37)(H,34,38)/t27-,28-/m0/s1. The lowest BCUT2D eigenvalue weighted by molar-refractivity contribution is -0.116. The number of hydrogen-bond acceptors (Lipinski definition) is 3. The molecule has 2 aromatic carbocycles. The van der Waals surface area contributed by atoms with Gasteiger partial charge in [0, 0.05) is 36.2 Å². The normalized spacial score (nSPS) is 16.9. The molecule has 0 unspecified atom stereocenters. The lowest BCUT2D eigenvalue weighted by Crippen LogP contribution is -2.33. The second-order valence-corrected chi connectivity index (χ2v) is 9.63.